The molecule has 3 aromatic carbocycles. The van der Waals surface area contributed by atoms with Gasteiger partial charge < -0.3 is 125 Å². The van der Waals surface area contributed by atoms with Gasteiger partial charge in [0.2, 0.25) is 94.5 Å². The largest absolute Gasteiger partial charge is 0.508 e. The smallest absolute Gasteiger partial charge is 0.270 e. The zero-order chi connectivity index (χ0) is 99.3. The van der Waals surface area contributed by atoms with E-state index in [9.17, 15) is 58.5 Å². The molecule has 43 nitrogen and oxygen atoms in total. The Balaban J connectivity index is 1.11. The van der Waals surface area contributed by atoms with Gasteiger partial charge in [0.15, 0.2) is 5.96 Å². The number of phenols is 1. The first kappa shape index (κ1) is 106. The number of amides is 17. The monoisotopic (exact) mass is 1920 g/mol. The lowest BCUT2D eigenvalue weighted by atomic mass is 10.00. The SMILES string of the molecule is CCCC[C@H]1C(=O)N(C)[C@@H](CCCC)C(=O)N[C@@H](CCCNC(=N)N)C(=O)NC(C(=O)NCC(N)=O)CSCC(=O)N/C(=C/c2ccc(O)cc2)C(=O)N(C)[C@@H](C)C(=O)N[C@@H](Cc2cnc[nH]2)C(=O)N2CCC[C@H]2C(=O)N[C@@H](CC(N)=O)C(=O)N[C@@H](CC(C)C)C(=O)N2C[C@H](O)C[C@H]2C(=O)N[C@@H](Cc2c[nH]c3ccccc23)C(=O)N[C@@H](CO)C(=O)N[C@@H](Cc2csc3ccccc23)C(=O)N1C. The van der Waals surface area contributed by atoms with Gasteiger partial charge in [0.05, 0.1) is 37.8 Å². The minimum atomic E-state index is -1.89. The molecule has 736 valence electrons. The number of nitrogens with two attached hydrogens (primary N) is 3. The normalized spacial score (nSPS) is 24.4. The number of nitrogens with one attached hydrogen (secondary N) is 14. The van der Waals surface area contributed by atoms with E-state index in [4.69, 9.17) is 22.6 Å². The van der Waals surface area contributed by atoms with E-state index in [2.05, 4.69) is 73.4 Å². The molecule has 3 aliphatic heterocycles. The molecule has 17 amide bonds. The summed E-state index contributed by atoms with van der Waals surface area (Å²) in [5.74, 6) is -18.4. The van der Waals surface area contributed by atoms with E-state index in [0.29, 0.717) is 58.8 Å². The van der Waals surface area contributed by atoms with Crippen molar-refractivity contribution in [1.82, 2.24) is 97.9 Å². The molecule has 6 heterocycles. The van der Waals surface area contributed by atoms with Crippen molar-refractivity contribution >= 4 is 157 Å². The predicted molar refractivity (Wildman–Crippen MR) is 504 cm³/mol. The number of aromatic amines is 2. The average Bonchev–Trinajstić information content (AvgIpc) is 1.57. The number of para-hydroxylation sites is 1. The summed E-state index contributed by atoms with van der Waals surface area (Å²) in [6, 6.07) is -0.877. The number of imidazole rings is 1. The lowest BCUT2D eigenvalue weighted by molar-refractivity contribution is -0.149. The maximum Gasteiger partial charge on any atom is 0.270 e. The van der Waals surface area contributed by atoms with E-state index in [1.807, 2.05) is 32.0 Å². The van der Waals surface area contributed by atoms with Gasteiger partial charge in [-0.15, -0.1) is 23.1 Å². The Morgan fingerprint density at radius 3 is 1.88 bits per heavy atom. The number of nitrogens with zero attached hydrogens (tertiary/aromatic N) is 6. The summed E-state index contributed by atoms with van der Waals surface area (Å²) >= 11 is 2.09. The number of thiophene rings is 1. The number of aromatic hydroxyl groups is 1. The molecule has 3 aliphatic rings. The number of H-pyrrole nitrogens is 2. The Morgan fingerprint density at radius 1 is 0.610 bits per heavy atom. The third kappa shape index (κ3) is 29.5. The Kier molecular flexibility index (Phi) is 39.5. The lowest BCUT2D eigenvalue weighted by Gasteiger charge is -2.36. The number of guanidine groups is 1. The standard InChI is InChI=1S/C91H125N23O20S2/c1-9-11-23-69-83(127)102-60(22-17-31-97-91(94)95)79(123)109-68(78(122)99-42-75(93)119)46-135-47-76(120)101-64(34-51-27-29-55(116)30-28-51)86(130)110(6)50(5)77(121)105-66(37-54-41-96-48-100-54)88(132)113-32-18-25-70(113)84(128)104-62(39-74(92)118)81(125)106-63(33-49(3)4)89(133)114-43-56(117)38-72(114)85(129)103-61(35-52-40-98-59-21-15-13-19-57(52)59)80(124)108-67(44-115)82(126)107-65(36-53-45-136-73-26-16-14-20-58(53)73)87(131)112(8)71(24-12-10-2)90(134)111(69)7/h13-16,19-21,26-30,34,40-41,45,48-50,56,60-63,65-72,98,115-117H,9-12,17-18,22-25,31-33,35-39,42-44,46-47H2,1-8H3,(H2,92,118)(H2,93,119)(H,96,100)(H,99,122)(H,101,120)(H,102,127)(H,103,129)(H,104,128)(H,105,121)(H,106,125)(H,107,126)(H,108,124)(H,109,123)(H4,94,95,97)/b64-34+/t50-,56+,60-,61-,62-,63-,65-,66-,67-,68?,69-,70-,71-,72-/m0/s1. The number of phenolic OH excluding ortho intramolecular Hbond substituents is 1. The minimum absolute atomic E-state index is 0.00956. The Morgan fingerprint density at radius 2 is 1.21 bits per heavy atom. The molecule has 45 heteroatoms. The highest BCUT2D eigenvalue weighted by atomic mass is 32.2. The Hall–Kier alpha value is -13.6. The summed E-state index contributed by atoms with van der Waals surface area (Å²) in [6.07, 6.45) is 3.44. The maximum atomic E-state index is 15.8. The van der Waals surface area contributed by atoms with E-state index in [-0.39, 0.29) is 88.6 Å². The van der Waals surface area contributed by atoms with E-state index in [1.165, 1.54) is 82.3 Å². The Labute approximate surface area is 793 Å². The van der Waals surface area contributed by atoms with Gasteiger partial charge in [0.25, 0.3) is 5.91 Å². The van der Waals surface area contributed by atoms with Crippen LogP contribution in [0.3, 0.4) is 0 Å². The van der Waals surface area contributed by atoms with E-state index < -0.39 is 247 Å². The molecular formula is C91H125N23O20S2. The number of hydrogen-bond donors (Lipinski definition) is 20. The number of likely N-dealkylation sites (N-methyl/N-ethyl adjacent to an activating group) is 3. The summed E-state index contributed by atoms with van der Waals surface area (Å²) in [5, 5.41) is 72.7. The Bertz CT molecular complexity index is 5320. The molecule has 0 radical (unpaired) electrons. The van der Waals surface area contributed by atoms with E-state index >= 15 is 38.4 Å². The van der Waals surface area contributed by atoms with E-state index in [1.54, 1.807) is 55.8 Å². The summed E-state index contributed by atoms with van der Waals surface area (Å²) < 4.78 is 0.806. The second-order valence-corrected chi connectivity index (χ2v) is 36.5. The molecule has 0 spiro atoms. The molecule has 6 aromatic rings. The van der Waals surface area contributed by atoms with Crippen LogP contribution in [0.2, 0.25) is 0 Å². The number of aliphatic hydroxyl groups is 2. The van der Waals surface area contributed by atoms with Crippen LogP contribution < -0.4 is 75.7 Å². The first-order chi connectivity index (χ1) is 64.8. The van der Waals surface area contributed by atoms with Crippen LogP contribution in [0.5, 0.6) is 5.75 Å². The van der Waals surface area contributed by atoms with Crippen molar-refractivity contribution in [1.29, 1.82) is 5.41 Å². The van der Waals surface area contributed by atoms with Crippen LogP contribution in [0, 0.1) is 11.3 Å². The second-order valence-electron chi connectivity index (χ2n) is 34.5. The number of primary amides is 2. The number of benzene rings is 3. The average molecular weight is 1930 g/mol. The molecular weight excluding hydrogens is 1800 g/mol. The van der Waals surface area contributed by atoms with Crippen LogP contribution in [-0.4, -0.2) is 311 Å². The molecule has 0 aliphatic carbocycles. The van der Waals surface area contributed by atoms with Gasteiger partial charge in [-0.3, -0.25) is 86.9 Å². The number of carbonyl (C=O) groups is 17. The number of hydrogen-bond acceptors (Lipinski definition) is 24. The van der Waals surface area contributed by atoms with Gasteiger partial charge in [0, 0.05) is 106 Å². The number of fused-ring (bicyclic) bond motifs is 4. The first-order valence-corrected chi connectivity index (χ1v) is 47.2. The van der Waals surface area contributed by atoms with Crippen molar-refractivity contribution in [2.45, 2.75) is 222 Å². The van der Waals surface area contributed by atoms with Crippen molar-refractivity contribution in [3.8, 4) is 5.75 Å². The fraction of sp³-hybridized carbons (Fsp3) is 0.505. The summed E-state index contributed by atoms with van der Waals surface area (Å²) in [7, 11) is 3.91. The number of unbranched alkanes of at least 4 members (excludes halogenated alkanes) is 2. The topological polar surface area (TPSA) is 646 Å². The fourth-order valence-corrected chi connectivity index (χ4v) is 18.2. The van der Waals surface area contributed by atoms with Crippen LogP contribution >= 0.6 is 23.1 Å². The van der Waals surface area contributed by atoms with Crippen molar-refractivity contribution in [3.63, 3.8) is 0 Å². The quantitative estimate of drug-likeness (QED) is 0.0131. The molecule has 23 N–H and O–H groups in total. The predicted octanol–water partition coefficient (Wildman–Crippen LogP) is -1.77. The summed E-state index contributed by atoms with van der Waals surface area (Å²) in [4.78, 5) is 266. The van der Waals surface area contributed by atoms with Crippen molar-refractivity contribution in [2.24, 2.45) is 23.1 Å². The second kappa shape index (κ2) is 50.7. The third-order valence-corrected chi connectivity index (χ3v) is 25.9. The zero-order valence-corrected chi connectivity index (χ0v) is 78.9. The van der Waals surface area contributed by atoms with Gasteiger partial charge in [-0.05, 0) is 116 Å². The third-order valence-electron chi connectivity index (χ3n) is 23.9. The van der Waals surface area contributed by atoms with Crippen LogP contribution in [0.4, 0.5) is 0 Å². The lowest BCUT2D eigenvalue weighted by Crippen LogP contribution is -2.62. The molecule has 0 saturated carbocycles. The van der Waals surface area contributed by atoms with Gasteiger partial charge in [0.1, 0.15) is 90.0 Å². The van der Waals surface area contributed by atoms with Crippen LogP contribution in [0.1, 0.15) is 140 Å². The van der Waals surface area contributed by atoms with Gasteiger partial charge in [-0.25, -0.2) is 4.98 Å². The molecule has 3 saturated heterocycles. The number of carbonyl (C=O) groups excluding carboxylic acids is 17. The number of aromatic nitrogens is 3. The molecule has 1 unspecified atom stereocenters. The van der Waals surface area contributed by atoms with Crippen molar-refractivity contribution < 1.29 is 96.8 Å². The summed E-state index contributed by atoms with van der Waals surface area (Å²) in [5.41, 5.74) is 18.6. The fourth-order valence-electron chi connectivity index (χ4n) is 16.4. The summed E-state index contributed by atoms with van der Waals surface area (Å²) in [6.45, 7) is 5.97. The molecule has 3 fully saturated rings. The zero-order valence-electron chi connectivity index (χ0n) is 77.3. The highest BCUT2D eigenvalue weighted by Crippen LogP contribution is 2.30. The highest BCUT2D eigenvalue weighted by Gasteiger charge is 2.47. The molecule has 14 atom stereocenters. The van der Waals surface area contributed by atoms with Gasteiger partial charge in [-0.1, -0.05) is 102 Å². The van der Waals surface area contributed by atoms with Crippen LogP contribution in [0.25, 0.3) is 27.1 Å². The van der Waals surface area contributed by atoms with Crippen LogP contribution in [-0.2, 0) is 101 Å². The van der Waals surface area contributed by atoms with Gasteiger partial charge in [-0.2, -0.15) is 0 Å². The number of thioether (sulfide) groups is 1. The molecule has 0 bridgehead atoms. The van der Waals surface area contributed by atoms with E-state index in [0.717, 1.165) is 41.0 Å². The highest BCUT2D eigenvalue weighted by molar-refractivity contribution is 8.00. The first-order valence-electron chi connectivity index (χ1n) is 45.2. The molecule has 3 aromatic heterocycles. The molecule has 9 rings (SSSR count). The van der Waals surface area contributed by atoms with Crippen LogP contribution in [0.15, 0.2) is 103 Å². The minimum Gasteiger partial charge on any atom is -0.508 e. The number of rotatable bonds is 25. The molecule has 136 heavy (non-hydrogen) atoms. The van der Waals surface area contributed by atoms with Gasteiger partial charge >= 0.3 is 0 Å². The van der Waals surface area contributed by atoms with Crippen molar-refractivity contribution in [3.05, 3.63) is 125 Å². The maximum absolute atomic E-state index is 15.8. The number of aliphatic hydroxyl groups excluding tert-OH is 2. The van der Waals surface area contributed by atoms with Crippen molar-refractivity contribution in [2.75, 3.05) is 65.4 Å².